The van der Waals surface area contributed by atoms with Crippen molar-refractivity contribution in [2.45, 2.75) is 32.9 Å². The van der Waals surface area contributed by atoms with Crippen molar-refractivity contribution in [1.29, 1.82) is 0 Å². The Kier molecular flexibility index (Phi) is 6.14. The van der Waals surface area contributed by atoms with Crippen LogP contribution in [0.15, 0.2) is 24.5 Å². The number of hydrogen-bond acceptors (Lipinski definition) is 3. The van der Waals surface area contributed by atoms with E-state index in [9.17, 15) is 4.79 Å². The Balaban J connectivity index is 2.36. The topological polar surface area (TPSA) is 74.2 Å². The number of rotatable bonds is 6. The monoisotopic (exact) mass is 251 g/mol. The van der Waals surface area contributed by atoms with Crippen LogP contribution in [0.5, 0.6) is 0 Å². The van der Waals surface area contributed by atoms with E-state index in [0.29, 0.717) is 18.9 Å². The van der Waals surface area contributed by atoms with Gasteiger partial charge < -0.3 is 15.7 Å². The molecule has 5 heteroatoms. The van der Waals surface area contributed by atoms with Crippen molar-refractivity contribution in [2.75, 3.05) is 6.61 Å². The highest BCUT2D eigenvalue weighted by Crippen LogP contribution is 2.05. The number of nitrogens with one attached hydrogen (secondary N) is 2. The van der Waals surface area contributed by atoms with E-state index >= 15 is 0 Å². The molecule has 0 fully saturated rings. The van der Waals surface area contributed by atoms with Crippen molar-refractivity contribution in [2.24, 2.45) is 5.92 Å². The Hall–Kier alpha value is -1.62. The van der Waals surface area contributed by atoms with E-state index in [-0.39, 0.29) is 18.7 Å². The normalized spacial score (nSPS) is 12.2. The number of hydrogen-bond donors (Lipinski definition) is 3. The molecule has 18 heavy (non-hydrogen) atoms. The number of aliphatic hydroxyl groups is 1. The van der Waals surface area contributed by atoms with Crippen LogP contribution < -0.4 is 10.6 Å². The third kappa shape index (κ3) is 5.14. The molecule has 1 aromatic heterocycles. The molecule has 0 saturated heterocycles. The quantitative estimate of drug-likeness (QED) is 0.713. The Labute approximate surface area is 108 Å². The summed E-state index contributed by atoms with van der Waals surface area (Å²) in [5.41, 5.74) is 1.00. The molecule has 0 radical (unpaired) electrons. The second-order valence-corrected chi connectivity index (χ2v) is 4.55. The number of carbonyl (C=O) groups is 1. The standard InChI is InChI=1S/C13H21N3O2/c1-10(2)12(5-8-17)16-13(18)15-9-11-3-6-14-7-4-11/h3-4,6-7,10,12,17H,5,8-9H2,1-2H3,(H2,15,16,18). The van der Waals surface area contributed by atoms with Gasteiger partial charge in [-0.2, -0.15) is 0 Å². The van der Waals surface area contributed by atoms with Crippen LogP contribution in [0, 0.1) is 5.92 Å². The van der Waals surface area contributed by atoms with Gasteiger partial charge in [-0.15, -0.1) is 0 Å². The van der Waals surface area contributed by atoms with E-state index in [1.807, 2.05) is 26.0 Å². The number of pyridine rings is 1. The fraction of sp³-hybridized carbons (Fsp3) is 0.538. The smallest absolute Gasteiger partial charge is 0.315 e. The number of carbonyl (C=O) groups excluding carboxylic acids is 1. The summed E-state index contributed by atoms with van der Waals surface area (Å²) in [4.78, 5) is 15.6. The molecule has 5 nitrogen and oxygen atoms in total. The molecule has 2 amide bonds. The second kappa shape index (κ2) is 7.66. The molecule has 0 aliphatic heterocycles. The number of urea groups is 1. The summed E-state index contributed by atoms with van der Waals surface area (Å²) in [6.07, 6.45) is 3.95. The summed E-state index contributed by atoms with van der Waals surface area (Å²) >= 11 is 0. The van der Waals surface area contributed by atoms with Crippen LogP contribution in [0.1, 0.15) is 25.8 Å². The molecular formula is C13H21N3O2. The van der Waals surface area contributed by atoms with Gasteiger partial charge in [0, 0.05) is 31.6 Å². The summed E-state index contributed by atoms with van der Waals surface area (Å²) in [5, 5.41) is 14.6. The molecule has 0 spiro atoms. The van der Waals surface area contributed by atoms with Gasteiger partial charge >= 0.3 is 6.03 Å². The van der Waals surface area contributed by atoms with Gasteiger partial charge in [-0.3, -0.25) is 4.98 Å². The molecule has 1 rings (SSSR count). The van der Waals surface area contributed by atoms with Gasteiger partial charge in [0.15, 0.2) is 0 Å². The van der Waals surface area contributed by atoms with E-state index in [2.05, 4.69) is 15.6 Å². The zero-order valence-corrected chi connectivity index (χ0v) is 10.9. The number of aliphatic hydroxyl groups excluding tert-OH is 1. The highest BCUT2D eigenvalue weighted by molar-refractivity contribution is 5.74. The predicted octanol–water partition coefficient (Wildman–Crippen LogP) is 1.29. The van der Waals surface area contributed by atoms with Crippen molar-refractivity contribution in [3.63, 3.8) is 0 Å². The fourth-order valence-electron chi connectivity index (χ4n) is 1.61. The summed E-state index contributed by atoms with van der Waals surface area (Å²) in [6, 6.07) is 3.49. The summed E-state index contributed by atoms with van der Waals surface area (Å²) in [5.74, 6) is 0.295. The second-order valence-electron chi connectivity index (χ2n) is 4.55. The van der Waals surface area contributed by atoms with E-state index in [4.69, 9.17) is 5.11 Å². The number of nitrogens with zero attached hydrogens (tertiary/aromatic N) is 1. The maximum Gasteiger partial charge on any atom is 0.315 e. The maximum absolute atomic E-state index is 11.7. The van der Waals surface area contributed by atoms with Crippen molar-refractivity contribution < 1.29 is 9.90 Å². The molecule has 0 aliphatic carbocycles. The van der Waals surface area contributed by atoms with Crippen molar-refractivity contribution in [3.05, 3.63) is 30.1 Å². The average Bonchev–Trinajstić information content (AvgIpc) is 2.37. The van der Waals surface area contributed by atoms with Crippen LogP contribution in [0.3, 0.4) is 0 Å². The first-order valence-corrected chi connectivity index (χ1v) is 6.17. The third-order valence-electron chi connectivity index (χ3n) is 2.76. The van der Waals surface area contributed by atoms with E-state index in [0.717, 1.165) is 5.56 Å². The zero-order chi connectivity index (χ0) is 13.4. The van der Waals surface area contributed by atoms with Gasteiger partial charge in [0.25, 0.3) is 0 Å². The van der Waals surface area contributed by atoms with Gasteiger partial charge in [-0.1, -0.05) is 13.8 Å². The lowest BCUT2D eigenvalue weighted by Crippen LogP contribution is -2.44. The van der Waals surface area contributed by atoms with Crippen LogP contribution in [-0.2, 0) is 6.54 Å². The number of aromatic nitrogens is 1. The minimum absolute atomic E-state index is 0.00700. The number of amides is 2. The van der Waals surface area contributed by atoms with Crippen LogP contribution in [0.4, 0.5) is 4.79 Å². The molecule has 0 bridgehead atoms. The third-order valence-corrected chi connectivity index (χ3v) is 2.76. The molecule has 0 aliphatic rings. The predicted molar refractivity (Wildman–Crippen MR) is 69.9 cm³/mol. The molecule has 1 heterocycles. The highest BCUT2D eigenvalue weighted by Gasteiger charge is 2.15. The molecule has 1 atom stereocenters. The van der Waals surface area contributed by atoms with Gasteiger partial charge in [-0.05, 0) is 30.0 Å². The average molecular weight is 251 g/mol. The first kappa shape index (κ1) is 14.4. The minimum Gasteiger partial charge on any atom is -0.396 e. The van der Waals surface area contributed by atoms with Crippen molar-refractivity contribution in [3.8, 4) is 0 Å². The Morgan fingerprint density at radius 3 is 2.61 bits per heavy atom. The van der Waals surface area contributed by atoms with Gasteiger partial charge in [0.05, 0.1) is 0 Å². The van der Waals surface area contributed by atoms with Crippen LogP contribution in [-0.4, -0.2) is 28.8 Å². The van der Waals surface area contributed by atoms with E-state index < -0.39 is 0 Å². The molecule has 3 N–H and O–H groups in total. The molecule has 1 aromatic rings. The van der Waals surface area contributed by atoms with Gasteiger partial charge in [0.1, 0.15) is 0 Å². The van der Waals surface area contributed by atoms with Crippen molar-refractivity contribution >= 4 is 6.03 Å². The van der Waals surface area contributed by atoms with Crippen LogP contribution in [0.2, 0.25) is 0 Å². The molecule has 0 aromatic carbocycles. The molecular weight excluding hydrogens is 230 g/mol. The Morgan fingerprint density at radius 1 is 1.39 bits per heavy atom. The SMILES string of the molecule is CC(C)C(CCO)NC(=O)NCc1ccncc1. The summed E-state index contributed by atoms with van der Waals surface area (Å²) in [7, 11) is 0. The summed E-state index contributed by atoms with van der Waals surface area (Å²) in [6.45, 7) is 4.58. The van der Waals surface area contributed by atoms with Crippen LogP contribution in [0.25, 0.3) is 0 Å². The molecule has 0 saturated carbocycles. The van der Waals surface area contributed by atoms with E-state index in [1.54, 1.807) is 12.4 Å². The zero-order valence-electron chi connectivity index (χ0n) is 10.9. The largest absolute Gasteiger partial charge is 0.396 e. The lowest BCUT2D eigenvalue weighted by atomic mass is 10.0. The first-order valence-electron chi connectivity index (χ1n) is 6.17. The minimum atomic E-state index is -0.209. The maximum atomic E-state index is 11.7. The Bertz CT molecular complexity index is 355. The van der Waals surface area contributed by atoms with E-state index in [1.165, 1.54) is 0 Å². The van der Waals surface area contributed by atoms with Gasteiger partial charge in [0.2, 0.25) is 0 Å². The summed E-state index contributed by atoms with van der Waals surface area (Å²) < 4.78 is 0. The molecule has 100 valence electrons. The van der Waals surface area contributed by atoms with Crippen molar-refractivity contribution in [1.82, 2.24) is 15.6 Å². The lowest BCUT2D eigenvalue weighted by Gasteiger charge is -2.21. The van der Waals surface area contributed by atoms with Crippen LogP contribution >= 0.6 is 0 Å². The lowest BCUT2D eigenvalue weighted by molar-refractivity contribution is 0.218. The fourth-order valence-corrected chi connectivity index (χ4v) is 1.61. The van der Waals surface area contributed by atoms with Gasteiger partial charge in [-0.25, -0.2) is 4.79 Å². The highest BCUT2D eigenvalue weighted by atomic mass is 16.3. The first-order chi connectivity index (χ1) is 8.63. The Morgan fingerprint density at radius 2 is 2.06 bits per heavy atom. The molecule has 1 unspecified atom stereocenters.